The first-order valence-corrected chi connectivity index (χ1v) is 5.29. The maximum Gasteiger partial charge on any atom is 0.241 e. The molecule has 0 bridgehead atoms. The van der Waals surface area contributed by atoms with E-state index in [9.17, 15) is 0 Å². The summed E-state index contributed by atoms with van der Waals surface area (Å²) in [5, 5.41) is 0. The Bertz CT molecular complexity index is 269. The van der Waals surface area contributed by atoms with Crippen LogP contribution in [0.4, 0.5) is 0 Å². The van der Waals surface area contributed by atoms with Gasteiger partial charge in [0.25, 0.3) is 0 Å². The van der Waals surface area contributed by atoms with Crippen molar-refractivity contribution in [3.05, 3.63) is 36.3 Å². The zero-order chi connectivity index (χ0) is 11.1. The predicted octanol–water partition coefficient (Wildman–Crippen LogP) is 2.46. The van der Waals surface area contributed by atoms with Gasteiger partial charge in [-0.2, -0.15) is 0 Å². The minimum Gasteiger partial charge on any atom is -0.456 e. The molecule has 0 fully saturated rings. The van der Waals surface area contributed by atoms with Gasteiger partial charge in [-0.15, -0.1) is 6.58 Å². The second-order valence-corrected chi connectivity index (χ2v) is 3.44. The first-order valence-electron chi connectivity index (χ1n) is 5.29. The highest BCUT2D eigenvalue weighted by molar-refractivity contribution is 5.17. The number of hydrogen-bond donors (Lipinski definition) is 1. The van der Waals surface area contributed by atoms with Crippen LogP contribution in [0.5, 0.6) is 0 Å². The Labute approximate surface area is 91.2 Å². The van der Waals surface area contributed by atoms with Crippen LogP contribution in [0.15, 0.2) is 36.3 Å². The van der Waals surface area contributed by atoms with Crippen LogP contribution in [-0.2, 0) is 9.47 Å². The highest BCUT2D eigenvalue weighted by Crippen LogP contribution is 2.25. The van der Waals surface area contributed by atoms with Crippen LogP contribution in [0.2, 0.25) is 0 Å². The molecule has 0 aromatic carbocycles. The summed E-state index contributed by atoms with van der Waals surface area (Å²) < 4.78 is 11.2. The molecular weight excluding hydrogens is 190 g/mol. The van der Waals surface area contributed by atoms with Crippen molar-refractivity contribution in [2.75, 3.05) is 6.54 Å². The molecule has 3 heteroatoms. The quantitative estimate of drug-likeness (QED) is 0.540. The highest BCUT2D eigenvalue weighted by atomic mass is 16.7. The molecule has 1 atom stereocenters. The van der Waals surface area contributed by atoms with Gasteiger partial charge in [-0.3, -0.25) is 0 Å². The Balaban J connectivity index is 2.34. The monoisotopic (exact) mass is 209 g/mol. The lowest BCUT2D eigenvalue weighted by Gasteiger charge is -2.10. The van der Waals surface area contributed by atoms with E-state index in [0.717, 1.165) is 30.8 Å². The molecule has 2 N–H and O–H groups in total. The van der Waals surface area contributed by atoms with Crippen LogP contribution in [-0.4, -0.2) is 12.8 Å². The van der Waals surface area contributed by atoms with Crippen LogP contribution in [0.3, 0.4) is 0 Å². The van der Waals surface area contributed by atoms with E-state index in [4.69, 9.17) is 15.2 Å². The van der Waals surface area contributed by atoms with Gasteiger partial charge in [0.05, 0.1) is 0 Å². The Morgan fingerprint density at radius 3 is 2.93 bits per heavy atom. The molecule has 15 heavy (non-hydrogen) atoms. The van der Waals surface area contributed by atoms with Crippen molar-refractivity contribution in [3.8, 4) is 0 Å². The third-order valence-corrected chi connectivity index (χ3v) is 2.17. The summed E-state index contributed by atoms with van der Waals surface area (Å²) in [6, 6.07) is 0. The van der Waals surface area contributed by atoms with Crippen LogP contribution < -0.4 is 5.73 Å². The van der Waals surface area contributed by atoms with Gasteiger partial charge in [0.15, 0.2) is 5.76 Å². The Morgan fingerprint density at radius 1 is 1.47 bits per heavy atom. The van der Waals surface area contributed by atoms with Crippen molar-refractivity contribution in [2.24, 2.45) is 5.73 Å². The molecule has 3 nitrogen and oxygen atoms in total. The molecule has 1 heterocycles. The molecule has 1 rings (SSSR count). The lowest BCUT2D eigenvalue weighted by molar-refractivity contribution is -0.0420. The fourth-order valence-corrected chi connectivity index (χ4v) is 1.38. The minimum atomic E-state index is -0.137. The van der Waals surface area contributed by atoms with Crippen molar-refractivity contribution < 1.29 is 9.47 Å². The van der Waals surface area contributed by atoms with Crippen LogP contribution in [0.25, 0.3) is 0 Å². The number of unbranched alkanes of at least 4 members (excludes halogenated alkanes) is 1. The summed E-state index contributed by atoms with van der Waals surface area (Å²) in [5.74, 6) is 1.63. The van der Waals surface area contributed by atoms with Crippen molar-refractivity contribution in [1.82, 2.24) is 0 Å². The minimum absolute atomic E-state index is 0.137. The van der Waals surface area contributed by atoms with E-state index in [-0.39, 0.29) is 6.29 Å². The molecule has 84 valence electrons. The molecule has 0 aliphatic carbocycles. The van der Waals surface area contributed by atoms with E-state index in [1.165, 1.54) is 0 Å². The summed E-state index contributed by atoms with van der Waals surface area (Å²) in [6.45, 7) is 6.10. The number of hydrogen-bond acceptors (Lipinski definition) is 3. The van der Waals surface area contributed by atoms with Crippen molar-refractivity contribution >= 4 is 0 Å². The van der Waals surface area contributed by atoms with Gasteiger partial charge < -0.3 is 15.2 Å². The molecule has 0 aromatic heterocycles. The van der Waals surface area contributed by atoms with Gasteiger partial charge in [-0.25, -0.2) is 0 Å². The van der Waals surface area contributed by atoms with E-state index >= 15 is 0 Å². The Kier molecular flexibility index (Phi) is 4.98. The molecule has 0 saturated carbocycles. The Morgan fingerprint density at radius 2 is 2.27 bits per heavy atom. The molecule has 0 radical (unpaired) electrons. The SMILES string of the molecule is C=CCCC[C@@H]1OC(C)=C(/C=C/CN)O1. The second kappa shape index (κ2) is 6.30. The normalized spacial score (nSPS) is 20.5. The first-order chi connectivity index (χ1) is 7.27. The largest absolute Gasteiger partial charge is 0.456 e. The summed E-state index contributed by atoms with van der Waals surface area (Å²) in [5.41, 5.74) is 5.37. The van der Waals surface area contributed by atoms with Crippen LogP contribution in [0, 0.1) is 0 Å². The predicted molar refractivity (Wildman–Crippen MR) is 60.9 cm³/mol. The molecule has 0 unspecified atom stereocenters. The third-order valence-electron chi connectivity index (χ3n) is 2.17. The number of rotatable bonds is 6. The van der Waals surface area contributed by atoms with Gasteiger partial charge in [-0.1, -0.05) is 12.2 Å². The van der Waals surface area contributed by atoms with Crippen LogP contribution in [0.1, 0.15) is 26.2 Å². The van der Waals surface area contributed by atoms with Gasteiger partial charge in [0.1, 0.15) is 5.76 Å². The van der Waals surface area contributed by atoms with E-state index in [1.807, 2.05) is 25.2 Å². The van der Waals surface area contributed by atoms with E-state index in [0.29, 0.717) is 6.54 Å². The van der Waals surface area contributed by atoms with E-state index in [2.05, 4.69) is 6.58 Å². The first kappa shape index (κ1) is 11.9. The summed E-state index contributed by atoms with van der Waals surface area (Å²) >= 11 is 0. The van der Waals surface area contributed by atoms with E-state index < -0.39 is 0 Å². The number of ether oxygens (including phenoxy) is 2. The maximum absolute atomic E-state index is 5.60. The smallest absolute Gasteiger partial charge is 0.241 e. The lowest BCUT2D eigenvalue weighted by Crippen LogP contribution is -2.08. The molecule has 1 aliphatic rings. The van der Waals surface area contributed by atoms with Crippen molar-refractivity contribution in [3.63, 3.8) is 0 Å². The average Bonchev–Trinajstić information content (AvgIpc) is 2.57. The molecule has 0 spiro atoms. The Hall–Kier alpha value is -1.22. The lowest BCUT2D eigenvalue weighted by atomic mass is 10.2. The topological polar surface area (TPSA) is 44.5 Å². The fraction of sp³-hybridized carbons (Fsp3) is 0.500. The summed E-state index contributed by atoms with van der Waals surface area (Å²) in [7, 11) is 0. The number of nitrogens with two attached hydrogens (primary N) is 1. The van der Waals surface area contributed by atoms with Gasteiger partial charge in [-0.05, 0) is 25.8 Å². The summed E-state index contributed by atoms with van der Waals surface area (Å²) in [6.07, 6.45) is 8.42. The van der Waals surface area contributed by atoms with Gasteiger partial charge >= 0.3 is 0 Å². The molecule has 0 amide bonds. The zero-order valence-electron chi connectivity index (χ0n) is 9.24. The van der Waals surface area contributed by atoms with Crippen LogP contribution >= 0.6 is 0 Å². The second-order valence-electron chi connectivity index (χ2n) is 3.44. The number of allylic oxidation sites excluding steroid dienone is 3. The highest BCUT2D eigenvalue weighted by Gasteiger charge is 2.21. The molecule has 0 saturated heterocycles. The summed E-state index contributed by atoms with van der Waals surface area (Å²) in [4.78, 5) is 0. The van der Waals surface area contributed by atoms with Crippen molar-refractivity contribution in [2.45, 2.75) is 32.5 Å². The average molecular weight is 209 g/mol. The van der Waals surface area contributed by atoms with Crippen molar-refractivity contribution in [1.29, 1.82) is 0 Å². The fourth-order valence-electron chi connectivity index (χ4n) is 1.38. The maximum atomic E-state index is 5.60. The third kappa shape index (κ3) is 3.80. The van der Waals surface area contributed by atoms with Gasteiger partial charge in [0.2, 0.25) is 6.29 Å². The standard InChI is InChI=1S/C12H19NO2/c1-3-4-5-8-12-14-10(2)11(15-12)7-6-9-13/h3,6-7,12H,1,4-5,8-9,13H2,2H3/b7-6+/t12-/m1/s1. The van der Waals surface area contributed by atoms with E-state index in [1.54, 1.807) is 0 Å². The van der Waals surface area contributed by atoms with Gasteiger partial charge in [0, 0.05) is 13.0 Å². The molecule has 1 aliphatic heterocycles. The molecule has 0 aromatic rings. The molecular formula is C12H19NO2. The zero-order valence-corrected chi connectivity index (χ0v) is 9.24.